The van der Waals surface area contributed by atoms with Gasteiger partial charge in [0.15, 0.2) is 0 Å². The average molecular weight is 304 g/mol. The first-order valence-corrected chi connectivity index (χ1v) is 6.79. The summed E-state index contributed by atoms with van der Waals surface area (Å²) in [5.41, 5.74) is 2.92. The minimum absolute atomic E-state index is 0.117. The van der Waals surface area contributed by atoms with Gasteiger partial charge in [-0.3, -0.25) is 5.43 Å². The lowest BCUT2D eigenvalue weighted by Gasteiger charge is -2.14. The van der Waals surface area contributed by atoms with E-state index in [1.807, 2.05) is 6.92 Å². The number of hydrazine groups is 1. The zero-order valence-corrected chi connectivity index (χ0v) is 12.1. The van der Waals surface area contributed by atoms with Crippen LogP contribution in [0.4, 0.5) is 14.5 Å². The number of thioether (sulfide) groups is 1. The fourth-order valence-corrected chi connectivity index (χ4v) is 2.10. The van der Waals surface area contributed by atoms with E-state index >= 15 is 0 Å². The molecule has 0 aromatic heterocycles. The van der Waals surface area contributed by atoms with E-state index in [9.17, 15) is 8.78 Å². The molecule has 0 aliphatic carbocycles. The van der Waals surface area contributed by atoms with Gasteiger partial charge in [0.2, 0.25) is 5.96 Å². The summed E-state index contributed by atoms with van der Waals surface area (Å²) < 4.78 is 29.9. The SMILES string of the molecule is COCC(C)N=C(NN)Nc1ccccc1SC(F)F. The highest BCUT2D eigenvalue weighted by atomic mass is 32.2. The van der Waals surface area contributed by atoms with E-state index in [4.69, 9.17) is 10.6 Å². The molecular formula is C12H18F2N4OS. The summed E-state index contributed by atoms with van der Waals surface area (Å²) in [6.45, 7) is 2.28. The number of guanidine groups is 1. The third-order valence-electron chi connectivity index (χ3n) is 2.25. The molecule has 20 heavy (non-hydrogen) atoms. The lowest BCUT2D eigenvalue weighted by Crippen LogP contribution is -2.37. The Kier molecular flexibility index (Phi) is 7.27. The van der Waals surface area contributed by atoms with E-state index in [1.165, 1.54) is 0 Å². The minimum atomic E-state index is -2.49. The van der Waals surface area contributed by atoms with E-state index in [-0.39, 0.29) is 12.0 Å². The zero-order chi connectivity index (χ0) is 15.0. The molecule has 0 radical (unpaired) electrons. The Hall–Kier alpha value is -1.38. The van der Waals surface area contributed by atoms with Gasteiger partial charge in [0.25, 0.3) is 5.76 Å². The van der Waals surface area contributed by atoms with Crippen molar-refractivity contribution in [2.75, 3.05) is 19.0 Å². The van der Waals surface area contributed by atoms with Gasteiger partial charge in [-0.25, -0.2) is 10.8 Å². The van der Waals surface area contributed by atoms with Gasteiger partial charge >= 0.3 is 0 Å². The van der Waals surface area contributed by atoms with Gasteiger partial charge in [0, 0.05) is 12.0 Å². The highest BCUT2D eigenvalue weighted by Crippen LogP contribution is 2.31. The standard InChI is InChI=1S/C12H18F2N4OS/c1-8(7-19-2)16-12(18-15)17-9-5-3-4-6-10(9)20-11(13)14/h3-6,8,11H,7,15H2,1-2H3,(H2,16,17,18). The average Bonchev–Trinajstić information content (AvgIpc) is 2.39. The first-order valence-electron chi connectivity index (χ1n) is 5.91. The number of nitrogens with zero attached hydrogens (tertiary/aromatic N) is 1. The summed E-state index contributed by atoms with van der Waals surface area (Å²) in [5, 5.41) is 2.90. The maximum absolute atomic E-state index is 12.5. The highest BCUT2D eigenvalue weighted by Gasteiger charge is 2.11. The van der Waals surface area contributed by atoms with E-state index in [2.05, 4.69) is 15.7 Å². The van der Waals surface area contributed by atoms with Crippen molar-refractivity contribution in [3.05, 3.63) is 24.3 Å². The number of aliphatic imine (C=N–C) groups is 1. The van der Waals surface area contributed by atoms with Crippen LogP contribution in [0.2, 0.25) is 0 Å². The lowest BCUT2D eigenvalue weighted by molar-refractivity contribution is 0.185. The summed E-state index contributed by atoms with van der Waals surface area (Å²) in [6.07, 6.45) is 0. The number of rotatable bonds is 6. The predicted octanol–water partition coefficient (Wildman–Crippen LogP) is 2.27. The number of anilines is 1. The molecule has 1 unspecified atom stereocenters. The lowest BCUT2D eigenvalue weighted by atomic mass is 10.3. The number of hydrogen-bond acceptors (Lipinski definition) is 4. The molecule has 1 aromatic carbocycles. The van der Waals surface area contributed by atoms with Gasteiger partial charge in [-0.05, 0) is 19.1 Å². The van der Waals surface area contributed by atoms with E-state index in [0.717, 1.165) is 0 Å². The minimum Gasteiger partial charge on any atom is -0.382 e. The zero-order valence-electron chi connectivity index (χ0n) is 11.3. The number of halogens is 2. The predicted molar refractivity (Wildman–Crippen MR) is 78.0 cm³/mol. The van der Waals surface area contributed by atoms with Crippen molar-refractivity contribution < 1.29 is 13.5 Å². The first kappa shape index (κ1) is 16.7. The Morgan fingerprint density at radius 3 is 2.75 bits per heavy atom. The molecule has 0 fully saturated rings. The van der Waals surface area contributed by atoms with Gasteiger partial charge in [-0.1, -0.05) is 23.9 Å². The molecule has 1 rings (SSSR count). The van der Waals surface area contributed by atoms with Crippen LogP contribution in [0.15, 0.2) is 34.2 Å². The van der Waals surface area contributed by atoms with Gasteiger partial charge in [-0.15, -0.1) is 0 Å². The molecule has 4 N–H and O–H groups in total. The molecule has 112 valence electrons. The monoisotopic (exact) mass is 304 g/mol. The summed E-state index contributed by atoms with van der Waals surface area (Å²) in [7, 11) is 1.57. The fraction of sp³-hybridized carbons (Fsp3) is 0.417. The molecule has 1 aromatic rings. The van der Waals surface area contributed by atoms with Crippen molar-refractivity contribution in [2.45, 2.75) is 23.6 Å². The van der Waals surface area contributed by atoms with Gasteiger partial charge < -0.3 is 10.1 Å². The Labute approximate surface area is 120 Å². The number of para-hydroxylation sites is 1. The van der Waals surface area contributed by atoms with E-state index < -0.39 is 5.76 Å². The molecule has 8 heteroatoms. The van der Waals surface area contributed by atoms with Crippen molar-refractivity contribution in [3.63, 3.8) is 0 Å². The van der Waals surface area contributed by atoms with Crippen molar-refractivity contribution in [2.24, 2.45) is 10.8 Å². The highest BCUT2D eigenvalue weighted by molar-refractivity contribution is 7.99. The quantitative estimate of drug-likeness (QED) is 0.247. The maximum atomic E-state index is 12.5. The third kappa shape index (κ3) is 5.72. The van der Waals surface area contributed by atoms with Crippen LogP contribution in [0.3, 0.4) is 0 Å². The molecule has 0 aliphatic rings. The van der Waals surface area contributed by atoms with E-state index in [0.29, 0.717) is 29.0 Å². The first-order chi connectivity index (χ1) is 9.56. The molecular weight excluding hydrogens is 286 g/mol. The molecule has 0 saturated heterocycles. The second kappa shape index (κ2) is 8.72. The van der Waals surface area contributed by atoms with Crippen LogP contribution in [-0.4, -0.2) is 31.5 Å². The molecule has 0 spiro atoms. The van der Waals surface area contributed by atoms with Gasteiger partial charge in [-0.2, -0.15) is 8.78 Å². The topological polar surface area (TPSA) is 71.7 Å². The van der Waals surface area contributed by atoms with Crippen LogP contribution < -0.4 is 16.6 Å². The van der Waals surface area contributed by atoms with Crippen LogP contribution in [0.25, 0.3) is 0 Å². The second-order valence-corrected chi connectivity index (χ2v) is 4.96. The van der Waals surface area contributed by atoms with Crippen molar-refractivity contribution in [1.82, 2.24) is 5.43 Å². The Morgan fingerprint density at radius 2 is 2.15 bits per heavy atom. The summed E-state index contributed by atoms with van der Waals surface area (Å²) >= 11 is 0.463. The van der Waals surface area contributed by atoms with Crippen LogP contribution in [0.5, 0.6) is 0 Å². The smallest absolute Gasteiger partial charge is 0.288 e. The maximum Gasteiger partial charge on any atom is 0.288 e. The van der Waals surface area contributed by atoms with Crippen LogP contribution >= 0.6 is 11.8 Å². The number of nitrogens with one attached hydrogen (secondary N) is 2. The van der Waals surface area contributed by atoms with Gasteiger partial charge in [0.05, 0.1) is 18.3 Å². The summed E-state index contributed by atoms with van der Waals surface area (Å²) in [5.74, 6) is 3.18. The summed E-state index contributed by atoms with van der Waals surface area (Å²) in [4.78, 5) is 4.67. The number of nitrogens with two attached hydrogens (primary N) is 1. The number of ether oxygens (including phenoxy) is 1. The molecule has 0 aliphatic heterocycles. The number of methoxy groups -OCH3 is 1. The van der Waals surface area contributed by atoms with Crippen LogP contribution in [0.1, 0.15) is 6.92 Å². The fourth-order valence-electron chi connectivity index (χ4n) is 1.50. The number of hydrogen-bond donors (Lipinski definition) is 3. The molecule has 0 bridgehead atoms. The second-order valence-electron chi connectivity index (χ2n) is 3.93. The molecule has 5 nitrogen and oxygen atoms in total. The van der Waals surface area contributed by atoms with Gasteiger partial charge in [0.1, 0.15) is 0 Å². The van der Waals surface area contributed by atoms with Crippen molar-refractivity contribution in [1.29, 1.82) is 0 Å². The molecule has 0 heterocycles. The normalized spacial score (nSPS) is 13.4. The van der Waals surface area contributed by atoms with Crippen molar-refractivity contribution >= 4 is 23.4 Å². The largest absolute Gasteiger partial charge is 0.382 e. The van der Waals surface area contributed by atoms with Crippen molar-refractivity contribution in [3.8, 4) is 0 Å². The number of alkyl halides is 2. The Bertz CT molecular complexity index is 445. The molecule has 0 amide bonds. The molecule has 1 atom stereocenters. The molecule has 0 saturated carbocycles. The number of benzene rings is 1. The van der Waals surface area contributed by atoms with Crippen LogP contribution in [0, 0.1) is 0 Å². The third-order valence-corrected chi connectivity index (χ3v) is 3.04. The Balaban J connectivity index is 2.84. The Morgan fingerprint density at radius 1 is 1.45 bits per heavy atom. The van der Waals surface area contributed by atoms with Crippen LogP contribution in [-0.2, 0) is 4.74 Å². The summed E-state index contributed by atoms with van der Waals surface area (Å²) in [6, 6.07) is 6.60. The van der Waals surface area contributed by atoms with E-state index in [1.54, 1.807) is 31.4 Å².